The molecule has 0 N–H and O–H groups in total. The molecule has 1 aromatic carbocycles. The summed E-state index contributed by atoms with van der Waals surface area (Å²) in [6.07, 6.45) is 0. The van der Waals surface area contributed by atoms with Crippen molar-refractivity contribution in [2.75, 3.05) is 0 Å². The van der Waals surface area contributed by atoms with Crippen LogP contribution < -0.4 is 0 Å². The normalized spacial score (nSPS) is 9.90. The molecule has 0 spiro atoms. The maximum atomic E-state index is 12.6. The minimum atomic E-state index is -0.771. The third kappa shape index (κ3) is 1.34. The van der Waals surface area contributed by atoms with Crippen LogP contribution in [0.5, 0.6) is 0 Å². The van der Waals surface area contributed by atoms with Gasteiger partial charge in [0.1, 0.15) is 12.5 Å². The maximum absolute atomic E-state index is 12.6. The van der Waals surface area contributed by atoms with Crippen LogP contribution in [0, 0.1) is 5.82 Å². The highest BCUT2D eigenvalue weighted by molar-refractivity contribution is 9.10. The molecule has 0 atom stereocenters. The maximum Gasteiger partial charge on any atom is 0.130 e. The molecule has 1 rings (SSSR count). The van der Waals surface area contributed by atoms with Crippen molar-refractivity contribution >= 4 is 15.9 Å². The van der Waals surface area contributed by atoms with Gasteiger partial charge in [-0.3, -0.25) is 0 Å². The quantitative estimate of drug-likeness (QED) is 0.663. The number of hydrogen-bond acceptors (Lipinski definition) is 0. The van der Waals surface area contributed by atoms with E-state index in [9.17, 15) is 8.78 Å². The molecule has 10 heavy (non-hydrogen) atoms. The van der Waals surface area contributed by atoms with Crippen molar-refractivity contribution in [3.05, 3.63) is 34.1 Å². The third-order valence-electron chi connectivity index (χ3n) is 1.20. The summed E-state index contributed by atoms with van der Waals surface area (Å²) in [5.74, 6) is -0.503. The number of rotatable bonds is 1. The summed E-state index contributed by atoms with van der Waals surface area (Å²) >= 11 is 3.03. The average Bonchev–Trinajstić information content (AvgIpc) is 1.88. The van der Waals surface area contributed by atoms with E-state index in [-0.39, 0.29) is 5.56 Å². The third-order valence-corrected chi connectivity index (χ3v) is 1.94. The summed E-state index contributed by atoms with van der Waals surface area (Å²) in [4.78, 5) is 0. The van der Waals surface area contributed by atoms with Gasteiger partial charge in [-0.15, -0.1) is 0 Å². The molecule has 0 nitrogen and oxygen atoms in total. The van der Waals surface area contributed by atoms with E-state index < -0.39 is 12.5 Å². The van der Waals surface area contributed by atoms with Gasteiger partial charge in [-0.25, -0.2) is 8.78 Å². The molecule has 0 saturated carbocycles. The molecule has 0 aliphatic heterocycles. The predicted molar refractivity (Wildman–Crippen MR) is 38.9 cm³/mol. The predicted octanol–water partition coefficient (Wildman–Crippen LogP) is 3.06. The number of benzene rings is 1. The topological polar surface area (TPSA) is 0 Å². The molecule has 0 fully saturated rings. The van der Waals surface area contributed by atoms with Gasteiger partial charge in [-0.2, -0.15) is 0 Å². The fourth-order valence-corrected chi connectivity index (χ4v) is 1.11. The zero-order chi connectivity index (χ0) is 7.56. The number of halogens is 3. The van der Waals surface area contributed by atoms with E-state index in [2.05, 4.69) is 15.9 Å². The first-order valence-electron chi connectivity index (χ1n) is 2.74. The molecule has 54 valence electrons. The Labute approximate surface area is 66.0 Å². The molecule has 0 amide bonds. The van der Waals surface area contributed by atoms with Crippen LogP contribution in [0.25, 0.3) is 0 Å². The second-order valence-electron chi connectivity index (χ2n) is 1.83. The standard InChI is InChI=1S/C7H5BrF2/c8-6-2-1-3-7(10)5(6)4-9/h1-3H,4H2. The van der Waals surface area contributed by atoms with Crippen molar-refractivity contribution in [3.63, 3.8) is 0 Å². The molecule has 3 heteroatoms. The van der Waals surface area contributed by atoms with Gasteiger partial charge in [0, 0.05) is 10.0 Å². The highest BCUT2D eigenvalue weighted by Crippen LogP contribution is 2.19. The monoisotopic (exact) mass is 206 g/mol. The Kier molecular flexibility index (Phi) is 2.38. The minimum Gasteiger partial charge on any atom is -0.246 e. The van der Waals surface area contributed by atoms with Crippen molar-refractivity contribution in [2.45, 2.75) is 6.67 Å². The first kappa shape index (κ1) is 7.66. The van der Waals surface area contributed by atoms with Gasteiger partial charge in [-0.1, -0.05) is 22.0 Å². The van der Waals surface area contributed by atoms with Crippen molar-refractivity contribution in [3.8, 4) is 0 Å². The number of alkyl halides is 1. The number of hydrogen-bond donors (Lipinski definition) is 0. The van der Waals surface area contributed by atoms with Crippen molar-refractivity contribution in [2.24, 2.45) is 0 Å². The Hall–Kier alpha value is -0.440. The zero-order valence-corrected chi connectivity index (χ0v) is 6.66. The highest BCUT2D eigenvalue weighted by Gasteiger charge is 2.03. The second-order valence-corrected chi connectivity index (χ2v) is 2.69. The summed E-state index contributed by atoms with van der Waals surface area (Å²) in [7, 11) is 0. The molecule has 0 aliphatic carbocycles. The fourth-order valence-electron chi connectivity index (χ4n) is 0.660. The molecule has 1 aromatic rings. The first-order chi connectivity index (χ1) is 4.75. The van der Waals surface area contributed by atoms with Gasteiger partial charge < -0.3 is 0 Å². The van der Waals surface area contributed by atoms with Crippen LogP contribution in [-0.4, -0.2) is 0 Å². The smallest absolute Gasteiger partial charge is 0.130 e. The molecular formula is C7H5BrF2. The average molecular weight is 207 g/mol. The van der Waals surface area contributed by atoms with E-state index in [1.165, 1.54) is 12.1 Å². The first-order valence-corrected chi connectivity index (χ1v) is 3.54. The fraction of sp³-hybridized carbons (Fsp3) is 0.143. The van der Waals surface area contributed by atoms with E-state index in [0.29, 0.717) is 4.47 Å². The van der Waals surface area contributed by atoms with E-state index >= 15 is 0 Å². The van der Waals surface area contributed by atoms with Crippen LogP contribution in [0.1, 0.15) is 5.56 Å². The van der Waals surface area contributed by atoms with Crippen molar-refractivity contribution in [1.29, 1.82) is 0 Å². The molecule has 0 aromatic heterocycles. The molecule has 0 radical (unpaired) electrons. The van der Waals surface area contributed by atoms with Crippen LogP contribution in [0.3, 0.4) is 0 Å². The van der Waals surface area contributed by atoms with Gasteiger partial charge in [0.05, 0.1) is 0 Å². The minimum absolute atomic E-state index is 0.0856. The lowest BCUT2D eigenvalue weighted by atomic mass is 10.2. The van der Waals surface area contributed by atoms with E-state index in [0.717, 1.165) is 0 Å². The van der Waals surface area contributed by atoms with E-state index in [1.54, 1.807) is 6.07 Å². The SMILES string of the molecule is FCc1c(F)cccc1Br. The Balaban J connectivity index is 3.17. The second kappa shape index (κ2) is 3.10. The molecule has 0 aliphatic rings. The largest absolute Gasteiger partial charge is 0.246 e. The molecular weight excluding hydrogens is 202 g/mol. The van der Waals surface area contributed by atoms with Gasteiger partial charge in [-0.05, 0) is 12.1 Å². The summed E-state index contributed by atoms with van der Waals surface area (Å²) in [6.45, 7) is -0.771. The van der Waals surface area contributed by atoms with Crippen molar-refractivity contribution in [1.82, 2.24) is 0 Å². The van der Waals surface area contributed by atoms with E-state index in [4.69, 9.17) is 0 Å². The molecule has 0 heterocycles. The Morgan fingerprint density at radius 3 is 2.50 bits per heavy atom. The lowest BCUT2D eigenvalue weighted by molar-refractivity contribution is 0.462. The summed E-state index contributed by atoms with van der Waals surface area (Å²) in [5, 5.41) is 0. The van der Waals surface area contributed by atoms with Crippen LogP contribution in [0.2, 0.25) is 0 Å². The summed E-state index contributed by atoms with van der Waals surface area (Å²) in [6, 6.07) is 4.37. The zero-order valence-electron chi connectivity index (χ0n) is 5.07. The van der Waals surface area contributed by atoms with Crippen LogP contribution in [0.15, 0.2) is 22.7 Å². The van der Waals surface area contributed by atoms with Crippen LogP contribution in [0.4, 0.5) is 8.78 Å². The Morgan fingerprint density at radius 2 is 2.10 bits per heavy atom. The summed E-state index contributed by atoms with van der Waals surface area (Å²) < 4.78 is 25.0. The van der Waals surface area contributed by atoms with Gasteiger partial charge >= 0.3 is 0 Å². The highest BCUT2D eigenvalue weighted by atomic mass is 79.9. The molecule has 0 saturated heterocycles. The van der Waals surface area contributed by atoms with Gasteiger partial charge in [0.25, 0.3) is 0 Å². The van der Waals surface area contributed by atoms with Gasteiger partial charge in [0.15, 0.2) is 0 Å². The van der Waals surface area contributed by atoms with Crippen molar-refractivity contribution < 1.29 is 8.78 Å². The summed E-state index contributed by atoms with van der Waals surface area (Å²) in [5.41, 5.74) is 0.0856. The Bertz CT molecular complexity index is 215. The molecule has 0 unspecified atom stereocenters. The van der Waals surface area contributed by atoms with Crippen LogP contribution in [-0.2, 0) is 6.67 Å². The van der Waals surface area contributed by atoms with E-state index in [1.807, 2.05) is 0 Å². The lowest BCUT2D eigenvalue weighted by Gasteiger charge is -1.98. The molecule has 0 bridgehead atoms. The van der Waals surface area contributed by atoms with Gasteiger partial charge in [0.2, 0.25) is 0 Å². The lowest BCUT2D eigenvalue weighted by Crippen LogP contribution is -1.86. The van der Waals surface area contributed by atoms with Crippen LogP contribution >= 0.6 is 15.9 Å². The Morgan fingerprint density at radius 1 is 1.40 bits per heavy atom.